The molecule has 0 aliphatic carbocycles. The molecule has 1 aromatic carbocycles. The first-order valence-corrected chi connectivity index (χ1v) is 7.32. The number of ether oxygens (including phenoxy) is 2. The highest BCUT2D eigenvalue weighted by molar-refractivity contribution is 5.19. The third kappa shape index (κ3) is 4.30. The Labute approximate surface area is 116 Å². The Kier molecular flexibility index (Phi) is 5.83. The smallest absolute Gasteiger partial charge is 0.0809 e. The van der Waals surface area contributed by atoms with Gasteiger partial charge in [0.25, 0.3) is 0 Å². The minimum atomic E-state index is 0.145. The molecule has 0 saturated carbocycles. The Balaban J connectivity index is 1.90. The van der Waals surface area contributed by atoms with Crippen molar-refractivity contribution in [2.24, 2.45) is 0 Å². The fourth-order valence-electron chi connectivity index (χ4n) is 2.57. The molecule has 3 atom stereocenters. The SMILES string of the molecule is CCNC(c1ccccc1)C(C)OCC1CCCO1. The predicted molar refractivity (Wildman–Crippen MR) is 77.2 cm³/mol. The van der Waals surface area contributed by atoms with Crippen LogP contribution in [-0.2, 0) is 9.47 Å². The maximum atomic E-state index is 6.01. The van der Waals surface area contributed by atoms with Crippen molar-refractivity contribution < 1.29 is 9.47 Å². The quantitative estimate of drug-likeness (QED) is 0.820. The maximum Gasteiger partial charge on any atom is 0.0809 e. The summed E-state index contributed by atoms with van der Waals surface area (Å²) in [6, 6.07) is 10.7. The van der Waals surface area contributed by atoms with E-state index in [1.54, 1.807) is 0 Å². The van der Waals surface area contributed by atoms with Gasteiger partial charge in [0, 0.05) is 6.61 Å². The number of rotatable bonds is 7. The molecule has 106 valence electrons. The fourth-order valence-corrected chi connectivity index (χ4v) is 2.57. The van der Waals surface area contributed by atoms with Crippen molar-refractivity contribution in [2.75, 3.05) is 19.8 Å². The number of hydrogen-bond donors (Lipinski definition) is 1. The standard InChI is InChI=1S/C16H25NO2/c1-3-17-16(14-8-5-4-6-9-14)13(2)19-12-15-10-7-11-18-15/h4-6,8-9,13,15-17H,3,7,10-12H2,1-2H3. The van der Waals surface area contributed by atoms with Crippen LogP contribution in [0.4, 0.5) is 0 Å². The second-order valence-corrected chi connectivity index (χ2v) is 5.12. The van der Waals surface area contributed by atoms with Gasteiger partial charge in [0.2, 0.25) is 0 Å². The van der Waals surface area contributed by atoms with Crippen LogP contribution in [0.5, 0.6) is 0 Å². The molecule has 3 nitrogen and oxygen atoms in total. The van der Waals surface area contributed by atoms with E-state index in [4.69, 9.17) is 9.47 Å². The number of nitrogens with one attached hydrogen (secondary N) is 1. The van der Waals surface area contributed by atoms with Gasteiger partial charge in [0.15, 0.2) is 0 Å². The van der Waals surface area contributed by atoms with E-state index in [0.29, 0.717) is 12.7 Å². The van der Waals surface area contributed by atoms with Crippen LogP contribution >= 0.6 is 0 Å². The summed E-state index contributed by atoms with van der Waals surface area (Å²) in [5.74, 6) is 0. The lowest BCUT2D eigenvalue weighted by Gasteiger charge is -2.26. The third-order valence-electron chi connectivity index (χ3n) is 3.62. The first-order valence-electron chi connectivity index (χ1n) is 7.32. The Morgan fingerprint density at radius 1 is 1.37 bits per heavy atom. The summed E-state index contributed by atoms with van der Waals surface area (Å²) in [7, 11) is 0. The molecule has 1 N–H and O–H groups in total. The molecule has 1 aromatic rings. The molecular formula is C16H25NO2. The number of likely N-dealkylation sites (N-methyl/N-ethyl adjacent to an activating group) is 1. The lowest BCUT2D eigenvalue weighted by molar-refractivity contribution is -0.0268. The molecule has 3 unspecified atom stereocenters. The minimum Gasteiger partial charge on any atom is -0.376 e. The molecular weight excluding hydrogens is 238 g/mol. The molecule has 0 bridgehead atoms. The van der Waals surface area contributed by atoms with Crippen molar-refractivity contribution >= 4 is 0 Å². The monoisotopic (exact) mass is 263 g/mol. The molecule has 1 aliphatic heterocycles. The van der Waals surface area contributed by atoms with E-state index in [-0.39, 0.29) is 12.1 Å². The van der Waals surface area contributed by atoms with Crippen molar-refractivity contribution in [3.05, 3.63) is 35.9 Å². The Morgan fingerprint density at radius 2 is 2.16 bits per heavy atom. The first kappa shape index (κ1) is 14.5. The summed E-state index contributed by atoms with van der Waals surface area (Å²) in [6.07, 6.45) is 2.73. The second kappa shape index (κ2) is 7.63. The van der Waals surface area contributed by atoms with Gasteiger partial charge in [-0.3, -0.25) is 0 Å². The van der Waals surface area contributed by atoms with E-state index >= 15 is 0 Å². The molecule has 1 fully saturated rings. The third-order valence-corrected chi connectivity index (χ3v) is 3.62. The molecule has 0 spiro atoms. The zero-order chi connectivity index (χ0) is 13.5. The van der Waals surface area contributed by atoms with Crippen LogP contribution in [0.1, 0.15) is 38.3 Å². The minimum absolute atomic E-state index is 0.145. The van der Waals surface area contributed by atoms with Gasteiger partial charge in [-0.25, -0.2) is 0 Å². The highest BCUT2D eigenvalue weighted by Gasteiger charge is 2.22. The van der Waals surface area contributed by atoms with Gasteiger partial charge in [0.05, 0.1) is 24.9 Å². The molecule has 1 saturated heterocycles. The van der Waals surface area contributed by atoms with E-state index in [2.05, 4.69) is 43.4 Å². The van der Waals surface area contributed by atoms with Gasteiger partial charge in [-0.2, -0.15) is 0 Å². The van der Waals surface area contributed by atoms with E-state index in [1.165, 1.54) is 5.56 Å². The number of hydrogen-bond acceptors (Lipinski definition) is 3. The van der Waals surface area contributed by atoms with Gasteiger partial charge >= 0.3 is 0 Å². The van der Waals surface area contributed by atoms with Crippen LogP contribution in [0, 0.1) is 0 Å². The average Bonchev–Trinajstić information content (AvgIpc) is 2.96. The van der Waals surface area contributed by atoms with Crippen LogP contribution in [0.2, 0.25) is 0 Å². The van der Waals surface area contributed by atoms with Crippen LogP contribution in [-0.4, -0.2) is 32.0 Å². The summed E-state index contributed by atoms with van der Waals surface area (Å²) < 4.78 is 11.6. The molecule has 0 amide bonds. The molecule has 0 aromatic heterocycles. The van der Waals surface area contributed by atoms with Gasteiger partial charge in [-0.15, -0.1) is 0 Å². The van der Waals surface area contributed by atoms with E-state index < -0.39 is 0 Å². The molecule has 1 heterocycles. The second-order valence-electron chi connectivity index (χ2n) is 5.12. The topological polar surface area (TPSA) is 30.5 Å². The molecule has 1 aliphatic rings. The molecule has 19 heavy (non-hydrogen) atoms. The first-order chi connectivity index (χ1) is 9.31. The Morgan fingerprint density at radius 3 is 2.79 bits per heavy atom. The van der Waals surface area contributed by atoms with Crippen molar-refractivity contribution in [3.63, 3.8) is 0 Å². The molecule has 0 radical (unpaired) electrons. The zero-order valence-electron chi connectivity index (χ0n) is 12.0. The molecule has 2 rings (SSSR count). The Hall–Kier alpha value is -0.900. The van der Waals surface area contributed by atoms with Crippen LogP contribution < -0.4 is 5.32 Å². The van der Waals surface area contributed by atoms with Crippen LogP contribution in [0.3, 0.4) is 0 Å². The summed E-state index contributed by atoms with van der Waals surface area (Å²) >= 11 is 0. The average molecular weight is 263 g/mol. The predicted octanol–water partition coefficient (Wildman–Crippen LogP) is 2.92. The van der Waals surface area contributed by atoms with Crippen LogP contribution in [0.15, 0.2) is 30.3 Å². The zero-order valence-corrected chi connectivity index (χ0v) is 12.0. The summed E-state index contributed by atoms with van der Waals surface area (Å²) in [5, 5.41) is 3.51. The van der Waals surface area contributed by atoms with Crippen molar-refractivity contribution in [2.45, 2.75) is 44.9 Å². The van der Waals surface area contributed by atoms with Crippen molar-refractivity contribution in [1.29, 1.82) is 0 Å². The normalized spacial score (nSPS) is 22.3. The van der Waals surface area contributed by atoms with Gasteiger partial charge in [-0.1, -0.05) is 37.3 Å². The van der Waals surface area contributed by atoms with Gasteiger partial charge in [-0.05, 0) is 31.9 Å². The number of benzene rings is 1. The molecule has 3 heteroatoms. The summed E-state index contributed by atoms with van der Waals surface area (Å²) in [5.41, 5.74) is 1.28. The lowest BCUT2D eigenvalue weighted by Crippen LogP contribution is -2.33. The van der Waals surface area contributed by atoms with E-state index in [1.807, 2.05) is 6.07 Å². The van der Waals surface area contributed by atoms with E-state index in [0.717, 1.165) is 26.0 Å². The van der Waals surface area contributed by atoms with Crippen molar-refractivity contribution in [1.82, 2.24) is 5.32 Å². The van der Waals surface area contributed by atoms with Crippen molar-refractivity contribution in [3.8, 4) is 0 Å². The largest absolute Gasteiger partial charge is 0.376 e. The highest BCUT2D eigenvalue weighted by atomic mass is 16.5. The van der Waals surface area contributed by atoms with E-state index in [9.17, 15) is 0 Å². The maximum absolute atomic E-state index is 6.01. The summed E-state index contributed by atoms with van der Waals surface area (Å²) in [4.78, 5) is 0. The Bertz CT molecular complexity index is 349. The van der Waals surface area contributed by atoms with Crippen LogP contribution in [0.25, 0.3) is 0 Å². The van der Waals surface area contributed by atoms with Gasteiger partial charge in [0.1, 0.15) is 0 Å². The van der Waals surface area contributed by atoms with Gasteiger partial charge < -0.3 is 14.8 Å². The lowest BCUT2D eigenvalue weighted by atomic mass is 10.0. The fraction of sp³-hybridized carbons (Fsp3) is 0.625. The summed E-state index contributed by atoms with van der Waals surface area (Å²) in [6.45, 7) is 6.79. The highest BCUT2D eigenvalue weighted by Crippen LogP contribution is 2.20.